The number of benzene rings is 4. The minimum atomic E-state index is -0.718. The molecule has 1 saturated carbocycles. The van der Waals surface area contributed by atoms with Crippen LogP contribution in [-0.2, 0) is 6.42 Å². The van der Waals surface area contributed by atoms with E-state index in [9.17, 15) is 9.59 Å². The smallest absolute Gasteiger partial charge is 0.170 e. The van der Waals surface area contributed by atoms with Crippen LogP contribution in [0.1, 0.15) is 60.7 Å². The van der Waals surface area contributed by atoms with Gasteiger partial charge in [-0.3, -0.25) is 9.59 Å². The van der Waals surface area contributed by atoms with Crippen LogP contribution in [0.3, 0.4) is 0 Å². The second-order valence-corrected chi connectivity index (χ2v) is 12.5. The zero-order valence-electron chi connectivity index (χ0n) is 21.4. The molecule has 3 aliphatic carbocycles. The fraction of sp³-hybridized carbons (Fsp3) is 0.235. The number of fused-ring (bicyclic) bond motifs is 4. The quantitative estimate of drug-likeness (QED) is 0.249. The zero-order valence-corrected chi connectivity index (χ0v) is 23.0. The highest BCUT2D eigenvalue weighted by molar-refractivity contribution is 7.98. The molecule has 5 atom stereocenters. The van der Waals surface area contributed by atoms with Crippen molar-refractivity contribution in [3.05, 3.63) is 130 Å². The molecule has 0 saturated heterocycles. The number of Topliss-reactive ketones (excluding diaryl/α,β-unsaturated/α-hetero) is 2. The van der Waals surface area contributed by atoms with Gasteiger partial charge in [-0.1, -0.05) is 72.8 Å². The summed E-state index contributed by atoms with van der Waals surface area (Å²) in [4.78, 5) is 31.4. The molecule has 0 N–H and O–H groups in total. The Balaban J connectivity index is 1.52. The van der Waals surface area contributed by atoms with Crippen LogP contribution >= 0.6 is 23.5 Å². The average molecular weight is 533 g/mol. The maximum absolute atomic E-state index is 14.8. The molecule has 0 radical (unpaired) electrons. The van der Waals surface area contributed by atoms with E-state index >= 15 is 0 Å². The second-order valence-electron chi connectivity index (χ2n) is 10.7. The Kier molecular flexibility index (Phi) is 5.68. The fourth-order valence-electron chi connectivity index (χ4n) is 7.80. The van der Waals surface area contributed by atoms with Crippen LogP contribution in [-0.4, -0.2) is 24.1 Å². The van der Waals surface area contributed by atoms with E-state index in [0.717, 1.165) is 33.4 Å². The summed E-state index contributed by atoms with van der Waals surface area (Å²) in [6.07, 6.45) is 4.82. The molecule has 2 nitrogen and oxygen atoms in total. The number of carbonyl (C=O) groups is 2. The lowest BCUT2D eigenvalue weighted by molar-refractivity contribution is 0.0745. The van der Waals surface area contributed by atoms with Crippen LogP contribution < -0.4 is 0 Å². The molecule has 4 aromatic rings. The Morgan fingerprint density at radius 3 is 1.74 bits per heavy atom. The van der Waals surface area contributed by atoms with Gasteiger partial charge in [0, 0.05) is 44.6 Å². The Bertz CT molecular complexity index is 1570. The molecular formula is C34H28O2S2. The van der Waals surface area contributed by atoms with Crippen molar-refractivity contribution < 1.29 is 9.59 Å². The number of thioether (sulfide) groups is 2. The fourth-order valence-corrected chi connectivity index (χ4v) is 8.62. The topological polar surface area (TPSA) is 34.1 Å². The summed E-state index contributed by atoms with van der Waals surface area (Å²) in [5.74, 6) is -0.213. The molecule has 38 heavy (non-hydrogen) atoms. The summed E-state index contributed by atoms with van der Waals surface area (Å²) < 4.78 is 0. The summed E-state index contributed by atoms with van der Waals surface area (Å²) in [5.41, 5.74) is 5.41. The monoisotopic (exact) mass is 532 g/mol. The lowest BCUT2D eigenvalue weighted by Gasteiger charge is -2.38. The molecule has 0 amide bonds. The van der Waals surface area contributed by atoms with Gasteiger partial charge in [0.1, 0.15) is 0 Å². The van der Waals surface area contributed by atoms with E-state index in [-0.39, 0.29) is 35.2 Å². The van der Waals surface area contributed by atoms with Crippen LogP contribution in [0, 0.1) is 11.3 Å². The minimum absolute atomic E-state index is 0.0395. The molecule has 1 spiro atoms. The summed E-state index contributed by atoms with van der Waals surface area (Å²) in [7, 11) is 0. The van der Waals surface area contributed by atoms with Gasteiger partial charge in [0.2, 0.25) is 0 Å². The van der Waals surface area contributed by atoms with Crippen molar-refractivity contribution in [1.82, 2.24) is 0 Å². The van der Waals surface area contributed by atoms with Crippen molar-refractivity contribution in [2.24, 2.45) is 11.3 Å². The van der Waals surface area contributed by atoms with Crippen LogP contribution in [0.25, 0.3) is 0 Å². The highest BCUT2D eigenvalue weighted by Gasteiger charge is 2.70. The third kappa shape index (κ3) is 3.23. The molecule has 3 aliphatic rings. The van der Waals surface area contributed by atoms with E-state index in [1.54, 1.807) is 23.5 Å². The summed E-state index contributed by atoms with van der Waals surface area (Å²) in [6.45, 7) is 0. The van der Waals surface area contributed by atoms with E-state index in [0.29, 0.717) is 6.42 Å². The predicted molar refractivity (Wildman–Crippen MR) is 156 cm³/mol. The summed E-state index contributed by atoms with van der Waals surface area (Å²) >= 11 is 3.43. The molecule has 0 heterocycles. The molecule has 1 fully saturated rings. The van der Waals surface area contributed by atoms with Gasteiger partial charge in [0.15, 0.2) is 11.6 Å². The highest BCUT2D eigenvalue weighted by atomic mass is 32.2. The molecule has 188 valence electrons. The van der Waals surface area contributed by atoms with E-state index in [2.05, 4.69) is 73.2 Å². The van der Waals surface area contributed by atoms with Gasteiger partial charge in [-0.15, -0.1) is 23.5 Å². The first kappa shape index (κ1) is 24.0. The molecule has 0 unspecified atom stereocenters. The predicted octanol–water partition coefficient (Wildman–Crippen LogP) is 8.03. The number of rotatable bonds is 4. The standard InChI is InChI=1S/C34H28O2S2/c1-37-23-15-11-20(12-16-23)30-28-26-9-5-6-10-27(26)32(35)29(28)31(21-13-17-24(38-2)18-14-21)34(30)19-22-7-3-4-8-25(22)33(34)36/h3-18,28-31H,19H2,1-2H3/t28-,29+,30+,31-,34-/m0/s1. The molecule has 4 heteroatoms. The van der Waals surface area contributed by atoms with Gasteiger partial charge in [0.05, 0.1) is 5.41 Å². The van der Waals surface area contributed by atoms with Crippen molar-refractivity contribution in [1.29, 1.82) is 0 Å². The van der Waals surface area contributed by atoms with Crippen molar-refractivity contribution in [2.75, 3.05) is 12.5 Å². The Morgan fingerprint density at radius 2 is 1.16 bits per heavy atom. The molecule has 7 rings (SSSR count). The molecular weight excluding hydrogens is 505 g/mol. The van der Waals surface area contributed by atoms with Gasteiger partial charge in [-0.05, 0) is 65.5 Å². The third-order valence-electron chi connectivity index (χ3n) is 9.22. The average Bonchev–Trinajstić information content (AvgIpc) is 3.54. The van der Waals surface area contributed by atoms with Crippen molar-refractivity contribution in [3.8, 4) is 0 Å². The van der Waals surface area contributed by atoms with Crippen molar-refractivity contribution in [3.63, 3.8) is 0 Å². The summed E-state index contributed by atoms with van der Waals surface area (Å²) in [6, 6.07) is 33.6. The van der Waals surface area contributed by atoms with E-state index in [1.165, 1.54) is 9.79 Å². The van der Waals surface area contributed by atoms with Gasteiger partial charge < -0.3 is 0 Å². The van der Waals surface area contributed by atoms with Crippen LogP contribution in [0.15, 0.2) is 107 Å². The second kappa shape index (κ2) is 9.00. The van der Waals surface area contributed by atoms with Gasteiger partial charge in [-0.2, -0.15) is 0 Å². The maximum atomic E-state index is 14.8. The zero-order chi connectivity index (χ0) is 26.0. The maximum Gasteiger partial charge on any atom is 0.170 e. The molecule has 4 aromatic carbocycles. The van der Waals surface area contributed by atoms with Crippen LogP contribution in [0.2, 0.25) is 0 Å². The van der Waals surface area contributed by atoms with Gasteiger partial charge >= 0.3 is 0 Å². The van der Waals surface area contributed by atoms with E-state index < -0.39 is 5.41 Å². The Morgan fingerprint density at radius 1 is 0.632 bits per heavy atom. The first-order valence-corrected chi connectivity index (χ1v) is 15.6. The van der Waals surface area contributed by atoms with E-state index in [1.807, 2.05) is 36.4 Å². The Labute approximate surface area is 232 Å². The first-order valence-electron chi connectivity index (χ1n) is 13.1. The minimum Gasteiger partial charge on any atom is -0.294 e. The van der Waals surface area contributed by atoms with Gasteiger partial charge in [0.25, 0.3) is 0 Å². The number of ketones is 2. The molecule has 0 bridgehead atoms. The lowest BCUT2D eigenvalue weighted by Crippen LogP contribution is -2.38. The van der Waals surface area contributed by atoms with Crippen LogP contribution in [0.5, 0.6) is 0 Å². The summed E-state index contributed by atoms with van der Waals surface area (Å²) in [5, 5.41) is 0. The highest BCUT2D eigenvalue weighted by Crippen LogP contribution is 2.72. The molecule has 0 aliphatic heterocycles. The first-order chi connectivity index (χ1) is 18.6. The largest absolute Gasteiger partial charge is 0.294 e. The number of hydrogen-bond acceptors (Lipinski definition) is 4. The van der Waals surface area contributed by atoms with Gasteiger partial charge in [-0.25, -0.2) is 0 Å². The number of hydrogen-bond donors (Lipinski definition) is 0. The SMILES string of the molecule is CSc1ccc([C@@H]2[C@H]3c4ccccc4C(=O)[C@H]3[C@H](c3ccc(SC)cc3)[C@]23Cc2ccccc2C3=O)cc1. The van der Waals surface area contributed by atoms with Crippen molar-refractivity contribution >= 4 is 35.1 Å². The molecule has 0 aromatic heterocycles. The normalized spacial score (nSPS) is 27.0. The van der Waals surface area contributed by atoms with Crippen molar-refractivity contribution in [2.45, 2.75) is 34.0 Å². The van der Waals surface area contributed by atoms with E-state index in [4.69, 9.17) is 0 Å². The van der Waals surface area contributed by atoms with Crippen LogP contribution in [0.4, 0.5) is 0 Å². The number of carbonyl (C=O) groups excluding carboxylic acids is 2. The third-order valence-corrected chi connectivity index (χ3v) is 10.7. The lowest BCUT2D eigenvalue weighted by atomic mass is 9.62. The Hall–Kier alpha value is -3.08.